The third-order valence-corrected chi connectivity index (χ3v) is 4.02. The number of carbonyl (C=O) groups is 1. The van der Waals surface area contributed by atoms with E-state index in [1.54, 1.807) is 45.2 Å². The lowest BCUT2D eigenvalue weighted by Gasteiger charge is -2.21. The lowest BCUT2D eigenvalue weighted by Crippen LogP contribution is -2.22. The zero-order chi connectivity index (χ0) is 17.5. The summed E-state index contributed by atoms with van der Waals surface area (Å²) in [5, 5.41) is 16.8. The number of ether oxygens (including phenoxy) is 1. The van der Waals surface area contributed by atoms with E-state index in [0.29, 0.717) is 34.1 Å². The van der Waals surface area contributed by atoms with Crippen molar-refractivity contribution in [2.75, 3.05) is 17.7 Å². The van der Waals surface area contributed by atoms with Crippen molar-refractivity contribution in [2.45, 2.75) is 25.9 Å². The van der Waals surface area contributed by atoms with Crippen LogP contribution < -0.4 is 15.4 Å². The maximum atomic E-state index is 12.4. The van der Waals surface area contributed by atoms with Crippen molar-refractivity contribution in [1.82, 2.24) is 0 Å². The molecule has 0 aromatic heterocycles. The zero-order valence-electron chi connectivity index (χ0n) is 13.7. The van der Waals surface area contributed by atoms with Crippen LogP contribution in [0.5, 0.6) is 5.75 Å². The first-order valence-electron chi connectivity index (χ1n) is 7.58. The normalized spacial score (nSPS) is 13.3. The predicted molar refractivity (Wildman–Crippen MR) is 95.7 cm³/mol. The Kier molecular flexibility index (Phi) is 4.15. The number of benzene rings is 2. The first-order valence-corrected chi connectivity index (χ1v) is 7.96. The van der Waals surface area contributed by atoms with Gasteiger partial charge in [0.15, 0.2) is 0 Å². The van der Waals surface area contributed by atoms with E-state index in [-0.39, 0.29) is 5.91 Å². The Labute approximate surface area is 145 Å². The van der Waals surface area contributed by atoms with E-state index in [1.165, 1.54) is 0 Å². The number of carbonyl (C=O) groups excluding carboxylic acids is 1. The predicted octanol–water partition coefficient (Wildman–Crippen LogP) is 3.97. The van der Waals surface area contributed by atoms with Crippen LogP contribution in [0.25, 0.3) is 0 Å². The molecule has 1 amide bonds. The summed E-state index contributed by atoms with van der Waals surface area (Å²) < 4.78 is 5.42. The number of methoxy groups -OCH3 is 1. The monoisotopic (exact) mass is 346 g/mol. The van der Waals surface area contributed by atoms with Gasteiger partial charge in [0.2, 0.25) is 0 Å². The topological polar surface area (TPSA) is 70.6 Å². The number of fused-ring (bicyclic) bond motifs is 2. The Morgan fingerprint density at radius 1 is 1.12 bits per heavy atom. The minimum absolute atomic E-state index is 0.217. The Balaban J connectivity index is 2.10. The van der Waals surface area contributed by atoms with Crippen molar-refractivity contribution in [2.24, 2.45) is 0 Å². The molecule has 0 unspecified atom stereocenters. The number of anilines is 3. The second-order valence-corrected chi connectivity index (χ2v) is 6.90. The van der Waals surface area contributed by atoms with E-state index in [1.807, 2.05) is 6.07 Å². The summed E-state index contributed by atoms with van der Waals surface area (Å²) in [5.74, 6) is 0.396. The molecular weight excluding hydrogens is 328 g/mol. The van der Waals surface area contributed by atoms with Gasteiger partial charge in [0.05, 0.1) is 35.3 Å². The molecule has 24 heavy (non-hydrogen) atoms. The SMILES string of the molecule is COc1cc2c(cc1CC(C)(C)O)Nc1cc(Cl)ccc1C(=O)N2. The molecule has 0 radical (unpaired) electrons. The number of aliphatic hydroxyl groups is 1. The zero-order valence-corrected chi connectivity index (χ0v) is 14.5. The molecule has 5 nitrogen and oxygen atoms in total. The molecule has 3 N–H and O–H groups in total. The molecule has 1 aliphatic rings. The molecule has 0 fully saturated rings. The molecule has 0 spiro atoms. The van der Waals surface area contributed by atoms with Crippen LogP contribution in [0.3, 0.4) is 0 Å². The molecule has 0 atom stereocenters. The fourth-order valence-corrected chi connectivity index (χ4v) is 2.95. The standard InChI is InChI=1S/C18H19ClN2O3/c1-18(2,23)9-10-6-14-15(8-16(10)24-3)21-17(22)12-5-4-11(19)7-13(12)20-14/h4-8,20,23H,9H2,1-3H3,(H,21,22). The molecule has 126 valence electrons. The van der Waals surface area contributed by atoms with Gasteiger partial charge in [0.1, 0.15) is 5.75 Å². The van der Waals surface area contributed by atoms with Gasteiger partial charge in [-0.25, -0.2) is 0 Å². The third kappa shape index (κ3) is 3.32. The first-order chi connectivity index (χ1) is 11.3. The largest absolute Gasteiger partial charge is 0.496 e. The number of hydrogen-bond acceptors (Lipinski definition) is 4. The molecule has 1 aliphatic heterocycles. The van der Waals surface area contributed by atoms with E-state index >= 15 is 0 Å². The highest BCUT2D eigenvalue weighted by Crippen LogP contribution is 2.38. The van der Waals surface area contributed by atoms with E-state index in [2.05, 4.69) is 10.6 Å². The van der Waals surface area contributed by atoms with Crippen molar-refractivity contribution in [3.63, 3.8) is 0 Å². The summed E-state index contributed by atoms with van der Waals surface area (Å²) in [5.41, 5.74) is 2.46. The van der Waals surface area contributed by atoms with Gasteiger partial charge in [-0.2, -0.15) is 0 Å². The van der Waals surface area contributed by atoms with Crippen molar-refractivity contribution < 1.29 is 14.6 Å². The van der Waals surface area contributed by atoms with Gasteiger partial charge in [-0.05, 0) is 43.7 Å². The first kappa shape index (κ1) is 16.6. The minimum atomic E-state index is -0.878. The van der Waals surface area contributed by atoms with Gasteiger partial charge in [0, 0.05) is 17.5 Å². The van der Waals surface area contributed by atoms with Crippen molar-refractivity contribution in [3.05, 3.63) is 46.5 Å². The Hall–Kier alpha value is -2.24. The molecule has 0 saturated carbocycles. The van der Waals surface area contributed by atoms with E-state index in [4.69, 9.17) is 16.3 Å². The lowest BCUT2D eigenvalue weighted by atomic mass is 9.97. The molecule has 0 aliphatic carbocycles. The summed E-state index contributed by atoms with van der Waals surface area (Å²) in [4.78, 5) is 12.4. The van der Waals surface area contributed by atoms with Crippen LogP contribution in [-0.2, 0) is 6.42 Å². The highest BCUT2D eigenvalue weighted by Gasteiger charge is 2.23. The van der Waals surface area contributed by atoms with Crippen LogP contribution >= 0.6 is 11.6 Å². The van der Waals surface area contributed by atoms with E-state index in [9.17, 15) is 9.90 Å². The molecule has 0 saturated heterocycles. The van der Waals surface area contributed by atoms with Crippen LogP contribution in [0.4, 0.5) is 17.1 Å². The molecule has 2 aromatic rings. The minimum Gasteiger partial charge on any atom is -0.496 e. The van der Waals surface area contributed by atoms with Gasteiger partial charge >= 0.3 is 0 Å². The number of halogens is 1. The quantitative estimate of drug-likeness (QED) is 0.786. The fraction of sp³-hybridized carbons (Fsp3) is 0.278. The van der Waals surface area contributed by atoms with Gasteiger partial charge in [0.25, 0.3) is 5.91 Å². The van der Waals surface area contributed by atoms with Gasteiger partial charge in [-0.3, -0.25) is 4.79 Å². The van der Waals surface area contributed by atoms with Crippen LogP contribution in [0.2, 0.25) is 5.02 Å². The maximum absolute atomic E-state index is 12.4. The van der Waals surface area contributed by atoms with Gasteiger partial charge in [-0.1, -0.05) is 11.6 Å². The van der Waals surface area contributed by atoms with E-state index in [0.717, 1.165) is 11.3 Å². The number of nitrogens with one attached hydrogen (secondary N) is 2. The maximum Gasteiger partial charge on any atom is 0.257 e. The summed E-state index contributed by atoms with van der Waals surface area (Å²) in [6.45, 7) is 3.48. The van der Waals surface area contributed by atoms with Gasteiger partial charge < -0.3 is 20.5 Å². The molecule has 2 aromatic carbocycles. The van der Waals surface area contributed by atoms with Crippen LogP contribution in [0.15, 0.2) is 30.3 Å². The van der Waals surface area contributed by atoms with Gasteiger partial charge in [-0.15, -0.1) is 0 Å². The number of rotatable bonds is 3. The molecule has 3 rings (SSSR count). The van der Waals surface area contributed by atoms with Crippen molar-refractivity contribution >= 4 is 34.6 Å². The van der Waals surface area contributed by atoms with Crippen LogP contribution in [0, 0.1) is 0 Å². The number of amides is 1. The summed E-state index contributed by atoms with van der Waals surface area (Å²) >= 11 is 6.05. The Bertz CT molecular complexity index is 813. The molecule has 1 heterocycles. The third-order valence-electron chi connectivity index (χ3n) is 3.79. The summed E-state index contributed by atoms with van der Waals surface area (Å²) in [6, 6.07) is 8.71. The smallest absolute Gasteiger partial charge is 0.257 e. The fourth-order valence-electron chi connectivity index (χ4n) is 2.78. The number of hydrogen-bond donors (Lipinski definition) is 3. The molecule has 6 heteroatoms. The lowest BCUT2D eigenvalue weighted by molar-refractivity contribution is 0.0802. The highest BCUT2D eigenvalue weighted by molar-refractivity contribution is 6.31. The Morgan fingerprint density at radius 2 is 1.83 bits per heavy atom. The van der Waals surface area contributed by atoms with Crippen molar-refractivity contribution in [3.8, 4) is 5.75 Å². The van der Waals surface area contributed by atoms with E-state index < -0.39 is 5.60 Å². The second kappa shape index (κ2) is 6.00. The van der Waals surface area contributed by atoms with Crippen LogP contribution in [-0.4, -0.2) is 23.7 Å². The average molecular weight is 347 g/mol. The summed E-state index contributed by atoms with van der Waals surface area (Å²) in [6.07, 6.45) is 0.418. The van der Waals surface area contributed by atoms with Crippen LogP contribution in [0.1, 0.15) is 29.8 Å². The molecular formula is C18H19ClN2O3. The Morgan fingerprint density at radius 3 is 2.50 bits per heavy atom. The summed E-state index contributed by atoms with van der Waals surface area (Å²) in [7, 11) is 1.57. The average Bonchev–Trinajstić information content (AvgIpc) is 2.60. The highest BCUT2D eigenvalue weighted by atomic mass is 35.5. The second-order valence-electron chi connectivity index (χ2n) is 6.47. The van der Waals surface area contributed by atoms with Crippen molar-refractivity contribution in [1.29, 1.82) is 0 Å². The molecule has 0 bridgehead atoms.